The quantitative estimate of drug-likeness (QED) is 0.604. The summed E-state index contributed by atoms with van der Waals surface area (Å²) in [4.78, 5) is 42.6. The molecule has 7 nitrogen and oxygen atoms in total. The normalized spacial score (nSPS) is 15.1. The van der Waals surface area contributed by atoms with Crippen molar-refractivity contribution in [2.75, 3.05) is 6.54 Å². The first-order valence-electron chi connectivity index (χ1n) is 8.56. The van der Waals surface area contributed by atoms with Gasteiger partial charge in [-0.3, -0.25) is 23.7 Å². The lowest BCUT2D eigenvalue weighted by Gasteiger charge is -2.18. The lowest BCUT2D eigenvalue weighted by molar-refractivity contribution is -0.152. The van der Waals surface area contributed by atoms with Crippen LogP contribution in [0.25, 0.3) is 10.2 Å². The van der Waals surface area contributed by atoms with E-state index in [0.717, 1.165) is 23.3 Å². The van der Waals surface area contributed by atoms with E-state index < -0.39 is 11.6 Å². The predicted molar refractivity (Wildman–Crippen MR) is 103 cm³/mol. The molecule has 8 heteroatoms. The predicted octanol–water partition coefficient (Wildman–Crippen LogP) is 2.17. The van der Waals surface area contributed by atoms with Crippen molar-refractivity contribution in [1.29, 1.82) is 0 Å². The van der Waals surface area contributed by atoms with Gasteiger partial charge < -0.3 is 4.74 Å². The minimum atomic E-state index is -0.549. The minimum Gasteiger partial charge on any atom is -0.459 e. The van der Waals surface area contributed by atoms with Crippen LogP contribution >= 0.6 is 11.3 Å². The number of thiophene rings is 1. The fourth-order valence-corrected chi connectivity index (χ4v) is 3.96. The number of nitrogens with zero attached hydrogens (tertiary/aromatic N) is 3. The Balaban J connectivity index is 1.95. The van der Waals surface area contributed by atoms with Gasteiger partial charge in [0.1, 0.15) is 17.0 Å². The van der Waals surface area contributed by atoms with Gasteiger partial charge in [-0.05, 0) is 46.1 Å². The standard InChI is InChI=1S/C18H23N3O4S/c1-10-12(8-19-9-13(22)25-18(2,3)4)26-16-14(10)15(23)21(11-6-7-11)17(24)20(16)5/h8,11H,6-7,9H2,1-5H3. The molecule has 1 aliphatic rings. The highest BCUT2D eigenvalue weighted by molar-refractivity contribution is 7.20. The van der Waals surface area contributed by atoms with E-state index in [4.69, 9.17) is 4.74 Å². The molecule has 1 aliphatic carbocycles. The molecule has 3 rings (SSSR count). The zero-order chi connectivity index (χ0) is 19.2. The van der Waals surface area contributed by atoms with Crippen LogP contribution in [0.3, 0.4) is 0 Å². The molecule has 0 N–H and O–H groups in total. The summed E-state index contributed by atoms with van der Waals surface area (Å²) in [6, 6.07) is 0.0224. The van der Waals surface area contributed by atoms with Crippen LogP contribution < -0.4 is 11.2 Å². The molecule has 0 aliphatic heterocycles. The monoisotopic (exact) mass is 377 g/mol. The molecule has 0 unspecified atom stereocenters. The molecule has 0 saturated heterocycles. The molecule has 0 atom stereocenters. The Morgan fingerprint density at radius 2 is 2.00 bits per heavy atom. The molecule has 1 fully saturated rings. The van der Waals surface area contributed by atoms with Gasteiger partial charge in [0.15, 0.2) is 0 Å². The largest absolute Gasteiger partial charge is 0.459 e. The van der Waals surface area contributed by atoms with Gasteiger partial charge in [-0.2, -0.15) is 0 Å². The van der Waals surface area contributed by atoms with E-state index in [-0.39, 0.29) is 23.8 Å². The highest BCUT2D eigenvalue weighted by atomic mass is 32.1. The number of carbonyl (C=O) groups is 1. The van der Waals surface area contributed by atoms with Crippen molar-refractivity contribution < 1.29 is 9.53 Å². The molecule has 0 bridgehead atoms. The van der Waals surface area contributed by atoms with Crippen LogP contribution in [-0.2, 0) is 16.6 Å². The summed E-state index contributed by atoms with van der Waals surface area (Å²) < 4.78 is 8.11. The molecule has 0 spiro atoms. The summed E-state index contributed by atoms with van der Waals surface area (Å²) in [5, 5.41) is 0.558. The SMILES string of the molecule is Cc1c(C=NCC(=O)OC(C)(C)C)sc2c1c(=O)n(C1CC1)c(=O)n2C. The summed E-state index contributed by atoms with van der Waals surface area (Å²) >= 11 is 1.33. The van der Waals surface area contributed by atoms with Gasteiger partial charge in [-0.25, -0.2) is 4.79 Å². The highest BCUT2D eigenvalue weighted by Gasteiger charge is 2.29. The van der Waals surface area contributed by atoms with Crippen molar-refractivity contribution in [3.63, 3.8) is 0 Å². The molecule has 2 aromatic rings. The Labute approximate surface area is 154 Å². The maximum atomic E-state index is 12.8. The number of esters is 1. The van der Waals surface area contributed by atoms with Crippen LogP contribution in [0.4, 0.5) is 0 Å². The second kappa shape index (κ2) is 6.50. The van der Waals surface area contributed by atoms with Gasteiger partial charge in [0.25, 0.3) is 5.56 Å². The first-order chi connectivity index (χ1) is 12.1. The van der Waals surface area contributed by atoms with Crippen LogP contribution in [0.5, 0.6) is 0 Å². The molecule has 2 aromatic heterocycles. The topological polar surface area (TPSA) is 82.7 Å². The van der Waals surface area contributed by atoms with E-state index in [2.05, 4.69) is 4.99 Å². The van der Waals surface area contributed by atoms with Crippen molar-refractivity contribution in [2.24, 2.45) is 12.0 Å². The second-order valence-electron chi connectivity index (χ2n) is 7.58. The van der Waals surface area contributed by atoms with Gasteiger partial charge in [0.2, 0.25) is 0 Å². The van der Waals surface area contributed by atoms with Crippen molar-refractivity contribution in [3.05, 3.63) is 31.3 Å². The Hall–Kier alpha value is -2.22. The van der Waals surface area contributed by atoms with E-state index in [9.17, 15) is 14.4 Å². The molecule has 1 saturated carbocycles. The van der Waals surface area contributed by atoms with Crippen LogP contribution in [0, 0.1) is 6.92 Å². The molecular weight excluding hydrogens is 354 g/mol. The number of fused-ring (bicyclic) bond motifs is 1. The van der Waals surface area contributed by atoms with Crippen molar-refractivity contribution in [1.82, 2.24) is 9.13 Å². The molecular formula is C18H23N3O4S. The van der Waals surface area contributed by atoms with E-state index in [1.54, 1.807) is 34.0 Å². The van der Waals surface area contributed by atoms with Crippen LogP contribution in [0.1, 0.15) is 50.1 Å². The first-order valence-corrected chi connectivity index (χ1v) is 9.38. The number of hydrogen-bond acceptors (Lipinski definition) is 6. The Morgan fingerprint density at radius 3 is 2.58 bits per heavy atom. The second-order valence-corrected chi connectivity index (χ2v) is 8.61. The smallest absolute Gasteiger partial charge is 0.332 e. The van der Waals surface area contributed by atoms with Crippen LogP contribution in [0.15, 0.2) is 14.6 Å². The lowest BCUT2D eigenvalue weighted by Crippen LogP contribution is -2.38. The maximum absolute atomic E-state index is 12.8. The Morgan fingerprint density at radius 1 is 1.35 bits per heavy atom. The van der Waals surface area contributed by atoms with E-state index >= 15 is 0 Å². The minimum absolute atomic E-state index is 0.0224. The number of carbonyl (C=O) groups excluding carboxylic acids is 1. The zero-order valence-electron chi connectivity index (χ0n) is 15.7. The molecule has 0 amide bonds. The van der Waals surface area contributed by atoms with Gasteiger partial charge in [0, 0.05) is 19.3 Å². The fraction of sp³-hybridized carbons (Fsp3) is 0.556. The number of aryl methyl sites for hydroxylation is 2. The third-order valence-corrected chi connectivity index (χ3v) is 5.46. The molecule has 0 aromatic carbocycles. The van der Waals surface area contributed by atoms with Gasteiger partial charge in [-0.15, -0.1) is 11.3 Å². The summed E-state index contributed by atoms with van der Waals surface area (Å²) in [6.07, 6.45) is 3.32. The third-order valence-electron chi connectivity index (χ3n) is 4.16. The summed E-state index contributed by atoms with van der Waals surface area (Å²) in [7, 11) is 1.68. The van der Waals surface area contributed by atoms with E-state index in [1.807, 2.05) is 6.92 Å². The number of hydrogen-bond donors (Lipinski definition) is 0. The average Bonchev–Trinajstić information content (AvgIpc) is 3.28. The van der Waals surface area contributed by atoms with Crippen molar-refractivity contribution >= 4 is 33.7 Å². The van der Waals surface area contributed by atoms with E-state index in [0.29, 0.717) is 10.2 Å². The van der Waals surface area contributed by atoms with Gasteiger partial charge in [0.05, 0.1) is 10.3 Å². The third kappa shape index (κ3) is 3.51. The van der Waals surface area contributed by atoms with Crippen molar-refractivity contribution in [2.45, 2.75) is 52.2 Å². The Kier molecular flexibility index (Phi) is 4.64. The zero-order valence-corrected chi connectivity index (χ0v) is 16.5. The van der Waals surface area contributed by atoms with Crippen molar-refractivity contribution in [3.8, 4) is 0 Å². The molecule has 0 radical (unpaired) electrons. The van der Waals surface area contributed by atoms with Gasteiger partial charge in [-0.1, -0.05) is 0 Å². The molecule has 2 heterocycles. The fourth-order valence-electron chi connectivity index (χ4n) is 2.81. The number of aromatic nitrogens is 2. The van der Waals surface area contributed by atoms with Crippen LogP contribution in [-0.4, -0.2) is 33.5 Å². The van der Waals surface area contributed by atoms with Crippen LogP contribution in [0.2, 0.25) is 0 Å². The summed E-state index contributed by atoms with van der Waals surface area (Å²) in [5.41, 5.74) is -0.269. The molecule has 140 valence electrons. The van der Waals surface area contributed by atoms with E-state index in [1.165, 1.54) is 20.5 Å². The molecule has 26 heavy (non-hydrogen) atoms. The maximum Gasteiger partial charge on any atom is 0.332 e. The number of ether oxygens (including phenoxy) is 1. The summed E-state index contributed by atoms with van der Waals surface area (Å²) in [5.74, 6) is -0.406. The number of rotatable bonds is 4. The lowest BCUT2D eigenvalue weighted by atomic mass is 10.2. The Bertz CT molecular complexity index is 1020. The van der Waals surface area contributed by atoms with Gasteiger partial charge >= 0.3 is 11.7 Å². The summed E-state index contributed by atoms with van der Waals surface area (Å²) in [6.45, 7) is 7.16. The number of aliphatic imine (C=N–C) groups is 1. The first kappa shape index (κ1) is 18.6. The average molecular weight is 377 g/mol. The highest BCUT2D eigenvalue weighted by Crippen LogP contribution is 2.33.